The molecule has 1 aromatic carbocycles. The predicted molar refractivity (Wildman–Crippen MR) is 76.9 cm³/mol. The molecule has 0 aromatic heterocycles. The highest BCUT2D eigenvalue weighted by Gasteiger charge is 2.44. The number of piperazine rings is 1. The fraction of sp³-hybridized carbons (Fsp3) is 0.500. The van der Waals surface area contributed by atoms with E-state index in [1.807, 2.05) is 0 Å². The van der Waals surface area contributed by atoms with Crippen molar-refractivity contribution in [1.82, 2.24) is 10.2 Å². The van der Waals surface area contributed by atoms with Crippen molar-refractivity contribution in [2.24, 2.45) is 0 Å². The molecule has 20 heavy (non-hydrogen) atoms. The van der Waals surface area contributed by atoms with E-state index < -0.39 is 12.2 Å². The maximum Gasteiger partial charge on any atom is 0.408 e. The second-order valence-corrected chi connectivity index (χ2v) is 5.22. The number of hydrogen-bond donors (Lipinski definition) is 1. The monoisotopic (exact) mass is 348 g/mol. The lowest BCUT2D eigenvalue weighted by atomic mass is 10.0. The third kappa shape index (κ3) is 4.15. The highest BCUT2D eigenvalue weighted by molar-refractivity contribution is 6.42. The van der Waals surface area contributed by atoms with E-state index in [2.05, 4.69) is 5.32 Å². The van der Waals surface area contributed by atoms with Gasteiger partial charge in [0.15, 0.2) is 0 Å². The molecule has 1 aliphatic heterocycles. The van der Waals surface area contributed by atoms with Crippen molar-refractivity contribution in [2.75, 3.05) is 26.2 Å². The van der Waals surface area contributed by atoms with Gasteiger partial charge < -0.3 is 5.32 Å². The smallest absolute Gasteiger partial charge is 0.314 e. The highest BCUT2D eigenvalue weighted by atomic mass is 35.5. The van der Waals surface area contributed by atoms with Crippen LogP contribution in [0.1, 0.15) is 11.6 Å². The van der Waals surface area contributed by atoms with Crippen LogP contribution >= 0.6 is 35.6 Å². The summed E-state index contributed by atoms with van der Waals surface area (Å²) in [5.74, 6) is 0. The van der Waals surface area contributed by atoms with E-state index in [1.54, 1.807) is 0 Å². The molecule has 0 amide bonds. The molecule has 114 valence electrons. The third-order valence-electron chi connectivity index (χ3n) is 3.09. The summed E-state index contributed by atoms with van der Waals surface area (Å²) in [6.45, 7) is 1.80. The Balaban J connectivity index is 0.00000200. The summed E-state index contributed by atoms with van der Waals surface area (Å²) >= 11 is 11.6. The molecule has 0 spiro atoms. The number of alkyl halides is 3. The van der Waals surface area contributed by atoms with Crippen LogP contribution in [0.2, 0.25) is 10.0 Å². The lowest BCUT2D eigenvalue weighted by molar-refractivity contribution is -0.187. The lowest BCUT2D eigenvalue weighted by Crippen LogP contribution is -2.49. The molecule has 0 saturated carbocycles. The zero-order valence-corrected chi connectivity index (χ0v) is 12.7. The molecule has 0 unspecified atom stereocenters. The summed E-state index contributed by atoms with van der Waals surface area (Å²) in [7, 11) is 0. The molecule has 0 aliphatic carbocycles. The summed E-state index contributed by atoms with van der Waals surface area (Å²) in [4.78, 5) is 1.41. The Bertz CT molecular complexity index is 448. The minimum atomic E-state index is -4.34. The Labute approximate surface area is 131 Å². The first-order chi connectivity index (χ1) is 8.89. The van der Waals surface area contributed by atoms with Crippen LogP contribution in [-0.4, -0.2) is 37.3 Å². The van der Waals surface area contributed by atoms with Crippen molar-refractivity contribution in [2.45, 2.75) is 12.2 Å². The number of rotatable bonds is 2. The molecular weight excluding hydrogens is 335 g/mol. The van der Waals surface area contributed by atoms with E-state index in [0.717, 1.165) is 0 Å². The van der Waals surface area contributed by atoms with E-state index in [-0.39, 0.29) is 28.0 Å². The summed E-state index contributed by atoms with van der Waals surface area (Å²) in [5, 5.41) is 3.44. The maximum atomic E-state index is 13.3. The predicted octanol–water partition coefficient (Wildman–Crippen LogP) is 3.92. The quantitative estimate of drug-likeness (QED) is 0.870. The topological polar surface area (TPSA) is 15.3 Å². The Hall–Kier alpha value is -0.200. The second kappa shape index (κ2) is 7.18. The molecule has 0 bridgehead atoms. The van der Waals surface area contributed by atoms with E-state index in [4.69, 9.17) is 23.2 Å². The summed E-state index contributed by atoms with van der Waals surface area (Å²) in [5.41, 5.74) is 0.129. The largest absolute Gasteiger partial charge is 0.408 e. The Morgan fingerprint density at radius 2 is 1.70 bits per heavy atom. The van der Waals surface area contributed by atoms with Crippen molar-refractivity contribution in [3.8, 4) is 0 Å². The molecule has 1 aliphatic rings. The van der Waals surface area contributed by atoms with E-state index in [0.29, 0.717) is 26.2 Å². The van der Waals surface area contributed by atoms with Gasteiger partial charge in [-0.2, -0.15) is 13.2 Å². The van der Waals surface area contributed by atoms with E-state index in [9.17, 15) is 13.2 Å². The van der Waals surface area contributed by atoms with Crippen molar-refractivity contribution in [3.63, 3.8) is 0 Å². The molecule has 8 heteroatoms. The number of nitrogens with one attached hydrogen (secondary N) is 1. The van der Waals surface area contributed by atoms with Gasteiger partial charge in [0.05, 0.1) is 10.0 Å². The van der Waals surface area contributed by atoms with Gasteiger partial charge >= 0.3 is 6.18 Å². The molecule has 1 N–H and O–H groups in total. The van der Waals surface area contributed by atoms with Crippen LogP contribution in [0.15, 0.2) is 18.2 Å². The Morgan fingerprint density at radius 3 is 2.20 bits per heavy atom. The lowest BCUT2D eigenvalue weighted by Gasteiger charge is -2.36. The first-order valence-corrected chi connectivity index (χ1v) is 6.61. The van der Waals surface area contributed by atoms with Gasteiger partial charge in [-0.1, -0.05) is 29.3 Å². The van der Waals surface area contributed by atoms with Gasteiger partial charge in [-0.15, -0.1) is 12.4 Å². The maximum absolute atomic E-state index is 13.3. The van der Waals surface area contributed by atoms with Gasteiger partial charge in [0.1, 0.15) is 6.04 Å². The SMILES string of the molecule is Cl.FC(F)(F)[C@H](c1ccc(Cl)c(Cl)c1)N1CCNCC1. The van der Waals surface area contributed by atoms with Gasteiger partial charge in [-0.3, -0.25) is 4.90 Å². The van der Waals surface area contributed by atoms with E-state index >= 15 is 0 Å². The molecule has 1 heterocycles. The molecule has 1 saturated heterocycles. The molecule has 1 fully saturated rings. The average molecular weight is 350 g/mol. The number of halogens is 6. The van der Waals surface area contributed by atoms with Crippen LogP contribution in [-0.2, 0) is 0 Å². The van der Waals surface area contributed by atoms with Crippen LogP contribution in [0.4, 0.5) is 13.2 Å². The average Bonchev–Trinajstić information content (AvgIpc) is 2.34. The summed E-state index contributed by atoms with van der Waals surface area (Å²) in [6.07, 6.45) is -4.34. The molecule has 0 radical (unpaired) electrons. The van der Waals surface area contributed by atoms with Gasteiger partial charge in [-0.05, 0) is 17.7 Å². The Kier molecular flexibility index (Phi) is 6.41. The summed E-state index contributed by atoms with van der Waals surface area (Å²) < 4.78 is 39.9. The number of hydrogen-bond acceptors (Lipinski definition) is 2. The van der Waals surface area contributed by atoms with Crippen LogP contribution in [0.5, 0.6) is 0 Å². The number of nitrogens with zero attached hydrogens (tertiary/aromatic N) is 1. The first kappa shape index (κ1) is 17.9. The fourth-order valence-electron chi connectivity index (χ4n) is 2.23. The fourth-order valence-corrected chi connectivity index (χ4v) is 2.54. The highest BCUT2D eigenvalue weighted by Crippen LogP contribution is 2.39. The zero-order chi connectivity index (χ0) is 14.0. The van der Waals surface area contributed by atoms with Crippen molar-refractivity contribution in [3.05, 3.63) is 33.8 Å². The van der Waals surface area contributed by atoms with Crippen LogP contribution in [0, 0.1) is 0 Å². The van der Waals surface area contributed by atoms with Crippen molar-refractivity contribution < 1.29 is 13.2 Å². The first-order valence-electron chi connectivity index (χ1n) is 5.86. The van der Waals surface area contributed by atoms with E-state index in [1.165, 1.54) is 23.1 Å². The third-order valence-corrected chi connectivity index (χ3v) is 3.83. The molecular formula is C12H14Cl3F3N2. The van der Waals surface area contributed by atoms with Gasteiger partial charge in [0.2, 0.25) is 0 Å². The molecule has 2 rings (SSSR count). The van der Waals surface area contributed by atoms with Crippen LogP contribution in [0.25, 0.3) is 0 Å². The van der Waals surface area contributed by atoms with Gasteiger partial charge in [0, 0.05) is 26.2 Å². The normalized spacial score (nSPS) is 18.4. The Morgan fingerprint density at radius 1 is 1.10 bits per heavy atom. The van der Waals surface area contributed by atoms with Crippen molar-refractivity contribution in [1.29, 1.82) is 0 Å². The van der Waals surface area contributed by atoms with Gasteiger partial charge in [0.25, 0.3) is 0 Å². The van der Waals surface area contributed by atoms with Crippen LogP contribution < -0.4 is 5.32 Å². The number of benzene rings is 1. The van der Waals surface area contributed by atoms with Gasteiger partial charge in [-0.25, -0.2) is 0 Å². The summed E-state index contributed by atoms with van der Waals surface area (Å²) in [6, 6.07) is 2.45. The second-order valence-electron chi connectivity index (χ2n) is 4.40. The standard InChI is InChI=1S/C12H13Cl2F3N2.ClH/c13-9-2-1-8(7-10(9)14)11(12(15,16)17)19-5-3-18-4-6-19;/h1-2,7,11,18H,3-6H2;1H/t11-;/m0./s1. The minimum absolute atomic E-state index is 0. The zero-order valence-electron chi connectivity index (χ0n) is 10.4. The van der Waals surface area contributed by atoms with Crippen molar-refractivity contribution >= 4 is 35.6 Å². The molecule has 2 nitrogen and oxygen atoms in total. The molecule has 1 aromatic rings. The molecule has 1 atom stereocenters. The van der Waals surface area contributed by atoms with Crippen LogP contribution in [0.3, 0.4) is 0 Å². The minimum Gasteiger partial charge on any atom is -0.314 e.